The minimum atomic E-state index is -1.55. The van der Waals surface area contributed by atoms with Crippen molar-refractivity contribution in [3.8, 4) is 0 Å². The van der Waals surface area contributed by atoms with E-state index in [0.717, 1.165) is 29.7 Å². The summed E-state index contributed by atoms with van der Waals surface area (Å²) in [6, 6.07) is 8.63. The molecule has 1 amide bonds. The van der Waals surface area contributed by atoms with Gasteiger partial charge in [-0.05, 0) is 43.2 Å². The van der Waals surface area contributed by atoms with Crippen molar-refractivity contribution >= 4 is 39.6 Å². The molecule has 1 saturated carbocycles. The molecule has 5 rings (SSSR count). The Hall–Kier alpha value is -2.86. The van der Waals surface area contributed by atoms with Crippen LogP contribution in [0.15, 0.2) is 41.4 Å². The monoisotopic (exact) mass is 456 g/mol. The number of nitrogens with one attached hydrogen (secondary N) is 1. The average Bonchev–Trinajstić information content (AvgIpc) is 3.19. The van der Waals surface area contributed by atoms with E-state index in [4.69, 9.17) is 15.0 Å². The number of rotatable bonds is 4. The number of anilines is 2. The highest BCUT2D eigenvalue weighted by Crippen LogP contribution is 2.46. The fourth-order valence-corrected chi connectivity index (χ4v) is 5.20. The van der Waals surface area contributed by atoms with E-state index in [1.807, 2.05) is 10.6 Å². The number of nitrogens with two attached hydrogens (primary N) is 1. The molecular formula is C21H24N6O4S. The Balaban J connectivity index is 1.60. The van der Waals surface area contributed by atoms with Crippen molar-refractivity contribution in [1.82, 2.24) is 19.6 Å². The van der Waals surface area contributed by atoms with Gasteiger partial charge >= 0.3 is 0 Å². The third-order valence-corrected chi connectivity index (χ3v) is 7.04. The number of aliphatic hydroxyl groups is 1. The first-order chi connectivity index (χ1) is 15.4. The van der Waals surface area contributed by atoms with Crippen LogP contribution in [0.25, 0.3) is 11.0 Å². The summed E-state index contributed by atoms with van der Waals surface area (Å²) in [7, 11) is -0.156. The molecule has 1 aromatic carbocycles. The van der Waals surface area contributed by atoms with Gasteiger partial charge in [0, 0.05) is 17.3 Å². The largest absolute Gasteiger partial charge is 0.366 e. The Morgan fingerprint density at radius 3 is 2.62 bits per heavy atom. The summed E-state index contributed by atoms with van der Waals surface area (Å²) >= 11 is 0. The lowest BCUT2D eigenvalue weighted by molar-refractivity contribution is -0.242. The maximum absolute atomic E-state index is 13.4. The molecule has 2 aliphatic rings. The zero-order valence-corrected chi connectivity index (χ0v) is 18.3. The van der Waals surface area contributed by atoms with E-state index in [2.05, 4.69) is 10.3 Å². The normalized spacial score (nSPS) is 21.0. The van der Waals surface area contributed by atoms with Gasteiger partial charge in [-0.2, -0.15) is 10.0 Å². The van der Waals surface area contributed by atoms with Crippen molar-refractivity contribution in [3.63, 3.8) is 0 Å². The van der Waals surface area contributed by atoms with Gasteiger partial charge in [-0.3, -0.25) is 9.63 Å². The van der Waals surface area contributed by atoms with E-state index in [9.17, 15) is 14.1 Å². The maximum atomic E-state index is 13.4. The summed E-state index contributed by atoms with van der Waals surface area (Å²) in [5.74, 6) is 0.0952. The predicted molar refractivity (Wildman–Crippen MR) is 118 cm³/mol. The summed E-state index contributed by atoms with van der Waals surface area (Å²) < 4.78 is 13.3. The first-order valence-electron chi connectivity index (χ1n) is 10.4. The zero-order valence-electron chi connectivity index (χ0n) is 17.5. The van der Waals surface area contributed by atoms with Gasteiger partial charge in [0.25, 0.3) is 5.91 Å². The van der Waals surface area contributed by atoms with Crippen molar-refractivity contribution in [1.29, 1.82) is 0 Å². The number of hydrogen-bond acceptors (Lipinski definition) is 7. The fraction of sp³-hybridized carbons (Fsp3) is 0.381. The molecule has 11 heteroatoms. The van der Waals surface area contributed by atoms with Crippen LogP contribution >= 0.6 is 0 Å². The quantitative estimate of drug-likeness (QED) is 0.548. The van der Waals surface area contributed by atoms with Gasteiger partial charge in [-0.1, -0.05) is 19.3 Å². The Kier molecular flexibility index (Phi) is 5.20. The SMILES string of the molecule is CON1C(=O)C2(CCCCC2)n2c(cc3cnc(Nc4ccc(S(N)=O)cc4)nc32)C1O. The van der Waals surface area contributed by atoms with Crippen molar-refractivity contribution in [2.75, 3.05) is 12.4 Å². The summed E-state index contributed by atoms with van der Waals surface area (Å²) in [6.07, 6.45) is 4.62. The standard InChI is InChI=1S/C21H24N6O4S/c1-31-27-18(28)16-11-13-12-23-20(24-14-5-7-15(8-6-14)32(22)30)25-17(13)26(16)21(19(27)29)9-3-2-4-10-21/h5-8,11-12,18,28H,2-4,9-10,22H2,1H3,(H,23,24,25). The van der Waals surface area contributed by atoms with Crippen LogP contribution in [-0.2, 0) is 26.2 Å². The molecule has 168 valence electrons. The van der Waals surface area contributed by atoms with Crippen LogP contribution in [0.3, 0.4) is 0 Å². The number of aliphatic hydroxyl groups excluding tert-OH is 1. The van der Waals surface area contributed by atoms with Gasteiger partial charge in [0.05, 0.1) is 17.7 Å². The van der Waals surface area contributed by atoms with Crippen LogP contribution in [0.1, 0.15) is 44.0 Å². The number of nitrogens with zero attached hydrogens (tertiary/aromatic N) is 4. The third-order valence-electron chi connectivity index (χ3n) is 6.30. The second kappa shape index (κ2) is 7.93. The molecule has 3 heterocycles. The minimum absolute atomic E-state index is 0.254. The van der Waals surface area contributed by atoms with Gasteiger partial charge in [0.15, 0.2) is 6.23 Å². The van der Waals surface area contributed by atoms with Crippen LogP contribution in [-0.4, -0.2) is 41.9 Å². The first-order valence-corrected chi connectivity index (χ1v) is 11.6. The Morgan fingerprint density at radius 1 is 1.25 bits per heavy atom. The average molecular weight is 457 g/mol. The summed E-state index contributed by atoms with van der Waals surface area (Å²) in [4.78, 5) is 28.3. The molecule has 2 atom stereocenters. The Bertz CT molecular complexity index is 1200. The van der Waals surface area contributed by atoms with Crippen LogP contribution in [0, 0.1) is 0 Å². The van der Waals surface area contributed by atoms with Crippen molar-refractivity contribution in [2.45, 2.75) is 48.8 Å². The third kappa shape index (κ3) is 3.20. The van der Waals surface area contributed by atoms with Crippen LogP contribution in [0.2, 0.25) is 0 Å². The molecule has 1 spiro atoms. The number of fused-ring (bicyclic) bond motifs is 4. The van der Waals surface area contributed by atoms with Crippen molar-refractivity contribution in [2.24, 2.45) is 5.14 Å². The highest BCUT2D eigenvalue weighted by atomic mass is 32.2. The number of carbonyl (C=O) groups is 1. The summed E-state index contributed by atoms with van der Waals surface area (Å²) in [5.41, 5.74) is 1.01. The van der Waals surface area contributed by atoms with Crippen LogP contribution < -0.4 is 10.5 Å². The minimum Gasteiger partial charge on any atom is -0.366 e. The van der Waals surface area contributed by atoms with Gasteiger partial charge in [-0.25, -0.2) is 14.3 Å². The number of benzene rings is 1. The van der Waals surface area contributed by atoms with Crippen molar-refractivity contribution < 1.29 is 18.9 Å². The fourth-order valence-electron chi connectivity index (χ4n) is 4.80. The molecule has 10 nitrogen and oxygen atoms in total. The predicted octanol–water partition coefficient (Wildman–Crippen LogP) is 2.21. The molecule has 0 bridgehead atoms. The highest BCUT2D eigenvalue weighted by molar-refractivity contribution is 7.82. The van der Waals surface area contributed by atoms with Gasteiger partial charge in [0.2, 0.25) is 5.95 Å². The van der Waals surface area contributed by atoms with Gasteiger partial charge < -0.3 is 15.0 Å². The lowest BCUT2D eigenvalue weighted by atomic mass is 9.79. The topological polar surface area (TPSA) is 136 Å². The number of carbonyl (C=O) groups excluding carboxylic acids is 1. The lowest BCUT2D eigenvalue weighted by Crippen LogP contribution is -2.57. The van der Waals surface area contributed by atoms with Crippen molar-refractivity contribution in [3.05, 3.63) is 42.2 Å². The van der Waals surface area contributed by atoms with E-state index >= 15 is 0 Å². The highest BCUT2D eigenvalue weighted by Gasteiger charge is 2.52. The number of aromatic nitrogens is 3. The molecule has 0 radical (unpaired) electrons. The number of hydroxylamine groups is 2. The van der Waals surface area contributed by atoms with E-state index in [-0.39, 0.29) is 5.91 Å². The molecule has 1 fully saturated rings. The first kappa shape index (κ1) is 21.0. The molecule has 3 aromatic rings. The zero-order chi connectivity index (χ0) is 22.5. The smallest absolute Gasteiger partial charge is 0.275 e. The molecule has 4 N–H and O–H groups in total. The number of amides is 1. The Labute approximate surface area is 186 Å². The Morgan fingerprint density at radius 2 is 1.97 bits per heavy atom. The van der Waals surface area contributed by atoms with Gasteiger partial charge in [0.1, 0.15) is 22.2 Å². The van der Waals surface area contributed by atoms with Gasteiger partial charge in [-0.15, -0.1) is 0 Å². The maximum Gasteiger partial charge on any atom is 0.275 e. The van der Waals surface area contributed by atoms with E-state index in [1.165, 1.54) is 7.11 Å². The molecule has 0 saturated heterocycles. The van der Waals surface area contributed by atoms with Crippen LogP contribution in [0.5, 0.6) is 0 Å². The second-order valence-corrected chi connectivity index (χ2v) is 9.17. The van der Waals surface area contributed by atoms with E-state index in [0.29, 0.717) is 40.7 Å². The molecule has 1 aliphatic carbocycles. The lowest BCUT2D eigenvalue weighted by Gasteiger charge is -2.46. The molecular weight excluding hydrogens is 432 g/mol. The van der Waals surface area contributed by atoms with E-state index < -0.39 is 22.8 Å². The molecule has 2 unspecified atom stereocenters. The summed E-state index contributed by atoms with van der Waals surface area (Å²) in [6.45, 7) is 0. The summed E-state index contributed by atoms with van der Waals surface area (Å²) in [5, 5.41) is 21.2. The van der Waals surface area contributed by atoms with E-state index in [1.54, 1.807) is 30.5 Å². The van der Waals surface area contributed by atoms with Crippen LogP contribution in [0.4, 0.5) is 11.6 Å². The molecule has 1 aliphatic heterocycles. The molecule has 32 heavy (non-hydrogen) atoms. The molecule has 2 aromatic heterocycles. The number of hydrogen-bond donors (Lipinski definition) is 3. The second-order valence-electron chi connectivity index (χ2n) is 8.10.